The number of piperazine rings is 1. The number of rotatable bonds is 4. The lowest BCUT2D eigenvalue weighted by Crippen LogP contribution is -2.54. The van der Waals surface area contributed by atoms with Crippen LogP contribution in [-0.4, -0.2) is 74.3 Å². The fraction of sp³-hybridized carbons (Fsp3) is 0.727. The number of aryl methyl sites for hydroxylation is 1. The molecule has 1 aliphatic rings. The molecule has 1 aromatic heterocycles. The number of hydrogen-bond donors (Lipinski definition) is 2. The van der Waals surface area contributed by atoms with Crippen LogP contribution in [0.15, 0.2) is 11.1 Å². The highest BCUT2D eigenvalue weighted by molar-refractivity contribution is 7.89. The SMILES string of the molecule is CN1CCN(C)C(CNS(=O)(=O)c2cn(C)nc2N)C1. The van der Waals surface area contributed by atoms with Gasteiger partial charge >= 0.3 is 0 Å². The minimum Gasteiger partial charge on any atom is -0.381 e. The van der Waals surface area contributed by atoms with Crippen LogP contribution in [0.4, 0.5) is 5.82 Å². The van der Waals surface area contributed by atoms with Crippen LogP contribution in [0.3, 0.4) is 0 Å². The number of nitrogen functional groups attached to an aromatic ring is 1. The number of hydrogen-bond acceptors (Lipinski definition) is 6. The van der Waals surface area contributed by atoms with E-state index in [-0.39, 0.29) is 16.8 Å². The molecule has 9 heteroatoms. The second-order valence-corrected chi connectivity index (χ2v) is 7.04. The molecule has 2 rings (SSSR count). The minimum absolute atomic E-state index is 0.0223. The highest BCUT2D eigenvalue weighted by Crippen LogP contribution is 2.15. The van der Waals surface area contributed by atoms with Crippen LogP contribution in [-0.2, 0) is 17.1 Å². The molecule has 0 spiro atoms. The maximum absolute atomic E-state index is 12.2. The van der Waals surface area contributed by atoms with Crippen molar-refractivity contribution in [1.82, 2.24) is 24.3 Å². The first kappa shape index (κ1) is 15.2. The van der Waals surface area contributed by atoms with Crippen LogP contribution < -0.4 is 10.5 Å². The number of nitrogens with zero attached hydrogens (tertiary/aromatic N) is 4. The second-order valence-electron chi connectivity index (χ2n) is 5.30. The summed E-state index contributed by atoms with van der Waals surface area (Å²) in [6, 6.07) is 0.154. The highest BCUT2D eigenvalue weighted by atomic mass is 32.2. The topological polar surface area (TPSA) is 96.5 Å². The standard InChI is InChI=1S/C11H22N6O2S/c1-15-4-5-16(2)9(7-15)6-13-20(18,19)10-8-17(3)14-11(10)12/h8-9,13H,4-7H2,1-3H3,(H2,12,14). The zero-order valence-corrected chi connectivity index (χ0v) is 12.9. The molecule has 0 amide bonds. The van der Waals surface area contributed by atoms with Gasteiger partial charge in [-0.1, -0.05) is 0 Å². The smallest absolute Gasteiger partial charge is 0.245 e. The number of aromatic nitrogens is 2. The van der Waals surface area contributed by atoms with Crippen molar-refractivity contribution >= 4 is 15.8 Å². The van der Waals surface area contributed by atoms with Gasteiger partial charge < -0.3 is 10.6 Å². The third kappa shape index (κ3) is 3.29. The molecule has 20 heavy (non-hydrogen) atoms. The molecule has 1 aromatic rings. The van der Waals surface area contributed by atoms with E-state index >= 15 is 0 Å². The second kappa shape index (κ2) is 5.68. The van der Waals surface area contributed by atoms with Crippen molar-refractivity contribution in [2.45, 2.75) is 10.9 Å². The molecule has 1 fully saturated rings. The van der Waals surface area contributed by atoms with Gasteiger partial charge in [0.05, 0.1) is 0 Å². The lowest BCUT2D eigenvalue weighted by Gasteiger charge is -2.37. The summed E-state index contributed by atoms with van der Waals surface area (Å²) in [5.41, 5.74) is 5.62. The summed E-state index contributed by atoms with van der Waals surface area (Å²) >= 11 is 0. The number of likely N-dealkylation sites (N-methyl/N-ethyl adjacent to an activating group) is 2. The molecule has 0 saturated carbocycles. The molecular weight excluding hydrogens is 280 g/mol. The van der Waals surface area contributed by atoms with Crippen LogP contribution in [0, 0.1) is 0 Å². The van der Waals surface area contributed by atoms with Gasteiger partial charge in [-0.3, -0.25) is 9.58 Å². The highest BCUT2D eigenvalue weighted by Gasteiger charge is 2.26. The molecular formula is C11H22N6O2S. The first-order chi connectivity index (χ1) is 9.29. The van der Waals surface area contributed by atoms with Crippen LogP contribution >= 0.6 is 0 Å². The molecule has 0 radical (unpaired) electrons. The Hall–Kier alpha value is -1.16. The Morgan fingerprint density at radius 2 is 2.10 bits per heavy atom. The molecule has 0 aliphatic carbocycles. The van der Waals surface area contributed by atoms with Crippen molar-refractivity contribution in [3.8, 4) is 0 Å². The van der Waals surface area contributed by atoms with Gasteiger partial charge in [0, 0.05) is 45.5 Å². The number of nitrogens with one attached hydrogen (secondary N) is 1. The minimum atomic E-state index is -3.61. The van der Waals surface area contributed by atoms with Gasteiger partial charge in [0.2, 0.25) is 10.0 Å². The Labute approximate surface area is 119 Å². The van der Waals surface area contributed by atoms with Gasteiger partial charge in [0.1, 0.15) is 4.90 Å². The van der Waals surface area contributed by atoms with Crippen molar-refractivity contribution in [1.29, 1.82) is 0 Å². The quantitative estimate of drug-likeness (QED) is 0.705. The summed E-state index contributed by atoms with van der Waals surface area (Å²) in [7, 11) is 2.06. The third-order valence-electron chi connectivity index (χ3n) is 3.60. The molecule has 114 valence electrons. The number of anilines is 1. The summed E-state index contributed by atoms with van der Waals surface area (Å²) in [6.45, 7) is 3.12. The van der Waals surface area contributed by atoms with Crippen LogP contribution in [0.25, 0.3) is 0 Å². The van der Waals surface area contributed by atoms with E-state index in [1.54, 1.807) is 7.05 Å². The molecule has 1 atom stereocenters. The predicted octanol–water partition coefficient (Wildman–Crippen LogP) is -1.47. The Morgan fingerprint density at radius 3 is 2.70 bits per heavy atom. The molecule has 3 N–H and O–H groups in total. The van der Waals surface area contributed by atoms with E-state index < -0.39 is 10.0 Å². The third-order valence-corrected chi connectivity index (χ3v) is 5.04. The van der Waals surface area contributed by atoms with E-state index in [1.807, 2.05) is 14.1 Å². The zero-order valence-electron chi connectivity index (χ0n) is 12.1. The molecule has 2 heterocycles. The van der Waals surface area contributed by atoms with Crippen molar-refractivity contribution in [2.75, 3.05) is 46.0 Å². The Bertz CT molecular complexity index is 569. The summed E-state index contributed by atoms with van der Waals surface area (Å²) in [4.78, 5) is 4.39. The normalized spacial score (nSPS) is 22.2. The molecule has 0 aromatic carbocycles. The number of sulfonamides is 1. The largest absolute Gasteiger partial charge is 0.381 e. The van der Waals surface area contributed by atoms with E-state index in [0.717, 1.165) is 19.6 Å². The van der Waals surface area contributed by atoms with Gasteiger partial charge in [0.25, 0.3) is 0 Å². The summed E-state index contributed by atoms with van der Waals surface area (Å²) < 4.78 is 28.5. The maximum atomic E-state index is 12.2. The maximum Gasteiger partial charge on any atom is 0.245 e. The van der Waals surface area contributed by atoms with E-state index in [2.05, 4.69) is 19.6 Å². The van der Waals surface area contributed by atoms with E-state index in [4.69, 9.17) is 5.73 Å². The predicted molar refractivity (Wildman–Crippen MR) is 76.7 cm³/mol. The van der Waals surface area contributed by atoms with Crippen molar-refractivity contribution in [3.63, 3.8) is 0 Å². The van der Waals surface area contributed by atoms with Gasteiger partial charge in [-0.15, -0.1) is 0 Å². The van der Waals surface area contributed by atoms with Gasteiger partial charge in [0.15, 0.2) is 5.82 Å². The molecule has 1 unspecified atom stereocenters. The van der Waals surface area contributed by atoms with Crippen molar-refractivity contribution in [2.24, 2.45) is 7.05 Å². The summed E-state index contributed by atoms with van der Waals surface area (Å²) in [5, 5.41) is 3.86. The number of nitrogens with two attached hydrogens (primary N) is 1. The monoisotopic (exact) mass is 302 g/mol. The molecule has 1 saturated heterocycles. The first-order valence-electron chi connectivity index (χ1n) is 6.47. The average molecular weight is 302 g/mol. The molecule has 1 aliphatic heterocycles. The Kier molecular flexibility index (Phi) is 4.33. The lowest BCUT2D eigenvalue weighted by atomic mass is 10.2. The fourth-order valence-electron chi connectivity index (χ4n) is 2.30. The summed E-state index contributed by atoms with van der Waals surface area (Å²) in [6.07, 6.45) is 1.41. The Balaban J connectivity index is 2.04. The van der Waals surface area contributed by atoms with Crippen molar-refractivity contribution < 1.29 is 8.42 Å². The summed E-state index contributed by atoms with van der Waals surface area (Å²) in [5.74, 6) is 0.0223. The van der Waals surface area contributed by atoms with Crippen molar-refractivity contribution in [3.05, 3.63) is 6.20 Å². The van der Waals surface area contributed by atoms with Crippen LogP contribution in [0.1, 0.15) is 0 Å². The zero-order chi connectivity index (χ0) is 14.9. The first-order valence-corrected chi connectivity index (χ1v) is 7.95. The average Bonchev–Trinajstić information content (AvgIpc) is 2.70. The van der Waals surface area contributed by atoms with Crippen LogP contribution in [0.2, 0.25) is 0 Å². The van der Waals surface area contributed by atoms with Gasteiger partial charge in [-0.2, -0.15) is 5.10 Å². The molecule has 8 nitrogen and oxygen atoms in total. The Morgan fingerprint density at radius 1 is 1.40 bits per heavy atom. The molecule has 0 bridgehead atoms. The van der Waals surface area contributed by atoms with Gasteiger partial charge in [-0.05, 0) is 14.1 Å². The van der Waals surface area contributed by atoms with Crippen LogP contribution in [0.5, 0.6) is 0 Å². The van der Waals surface area contributed by atoms with E-state index in [9.17, 15) is 8.42 Å². The van der Waals surface area contributed by atoms with E-state index in [0.29, 0.717) is 6.54 Å². The lowest BCUT2D eigenvalue weighted by molar-refractivity contribution is 0.117. The van der Waals surface area contributed by atoms with Gasteiger partial charge in [-0.25, -0.2) is 13.1 Å². The van der Waals surface area contributed by atoms with E-state index in [1.165, 1.54) is 10.9 Å². The fourth-order valence-corrected chi connectivity index (χ4v) is 3.47.